The summed E-state index contributed by atoms with van der Waals surface area (Å²) >= 11 is 0. The Labute approximate surface area is 110 Å². The summed E-state index contributed by atoms with van der Waals surface area (Å²) in [6, 6.07) is 2.14. The molecule has 1 heterocycles. The molecule has 0 bridgehead atoms. The Morgan fingerprint density at radius 1 is 1.33 bits per heavy atom. The van der Waals surface area contributed by atoms with Crippen LogP contribution in [-0.4, -0.2) is 38.0 Å². The molecule has 0 amide bonds. The summed E-state index contributed by atoms with van der Waals surface area (Å²) in [6.07, 6.45) is 4.27. The van der Waals surface area contributed by atoms with Gasteiger partial charge in [-0.2, -0.15) is 0 Å². The minimum atomic E-state index is 0.607. The first-order valence-corrected chi connectivity index (χ1v) is 6.64. The number of ether oxygens (including phenoxy) is 2. The highest BCUT2D eigenvalue weighted by molar-refractivity contribution is 5.09. The third-order valence-corrected chi connectivity index (χ3v) is 2.57. The zero-order valence-corrected chi connectivity index (χ0v) is 11.8. The van der Waals surface area contributed by atoms with Crippen molar-refractivity contribution in [2.45, 2.75) is 26.9 Å². The number of hydrogen-bond acceptors (Lipinski definition) is 3. The number of aromatic nitrogens is 1. The van der Waals surface area contributed by atoms with E-state index in [1.807, 2.05) is 0 Å². The van der Waals surface area contributed by atoms with Crippen LogP contribution in [0.15, 0.2) is 18.5 Å². The first kappa shape index (κ1) is 15.2. The van der Waals surface area contributed by atoms with Crippen molar-refractivity contribution in [3.8, 4) is 0 Å². The van der Waals surface area contributed by atoms with Gasteiger partial charge >= 0.3 is 0 Å². The monoisotopic (exact) mass is 254 g/mol. The largest absolute Gasteiger partial charge is 0.383 e. The molecule has 0 saturated heterocycles. The van der Waals surface area contributed by atoms with E-state index in [4.69, 9.17) is 9.47 Å². The molecule has 0 aliphatic rings. The summed E-state index contributed by atoms with van der Waals surface area (Å²) in [7, 11) is 1.72. The SMILES string of the molecule is COCCNCc1ccn(CCOCC(C)C)c1. The van der Waals surface area contributed by atoms with Crippen LogP contribution in [-0.2, 0) is 22.6 Å². The van der Waals surface area contributed by atoms with Gasteiger partial charge in [-0.15, -0.1) is 0 Å². The van der Waals surface area contributed by atoms with E-state index in [0.717, 1.165) is 39.5 Å². The number of nitrogens with zero attached hydrogens (tertiary/aromatic N) is 1. The molecule has 1 aromatic heterocycles. The molecule has 1 rings (SSSR count). The van der Waals surface area contributed by atoms with E-state index >= 15 is 0 Å². The van der Waals surface area contributed by atoms with Gasteiger partial charge < -0.3 is 19.4 Å². The predicted molar refractivity (Wildman–Crippen MR) is 73.7 cm³/mol. The van der Waals surface area contributed by atoms with Crippen LogP contribution in [0.2, 0.25) is 0 Å². The first-order chi connectivity index (χ1) is 8.72. The molecule has 0 unspecified atom stereocenters. The van der Waals surface area contributed by atoms with Crippen LogP contribution in [0, 0.1) is 5.92 Å². The van der Waals surface area contributed by atoms with Crippen LogP contribution < -0.4 is 5.32 Å². The van der Waals surface area contributed by atoms with Crippen LogP contribution in [0.3, 0.4) is 0 Å². The van der Waals surface area contributed by atoms with Gasteiger partial charge in [0.25, 0.3) is 0 Å². The van der Waals surface area contributed by atoms with Crippen molar-refractivity contribution in [2.75, 3.05) is 33.5 Å². The summed E-state index contributed by atoms with van der Waals surface area (Å²) in [5.74, 6) is 0.607. The highest BCUT2D eigenvalue weighted by Gasteiger charge is 1.98. The number of rotatable bonds is 10. The lowest BCUT2D eigenvalue weighted by atomic mass is 10.2. The highest BCUT2D eigenvalue weighted by Crippen LogP contribution is 2.01. The molecule has 0 saturated carbocycles. The molecular formula is C14H26N2O2. The van der Waals surface area contributed by atoms with Gasteiger partial charge in [0.2, 0.25) is 0 Å². The fraction of sp³-hybridized carbons (Fsp3) is 0.714. The summed E-state index contributed by atoms with van der Waals surface area (Å²) in [4.78, 5) is 0. The van der Waals surface area contributed by atoms with Crippen molar-refractivity contribution in [3.05, 3.63) is 24.0 Å². The Bertz CT molecular complexity index is 310. The van der Waals surface area contributed by atoms with E-state index in [-0.39, 0.29) is 0 Å². The van der Waals surface area contributed by atoms with E-state index in [2.05, 4.69) is 42.2 Å². The van der Waals surface area contributed by atoms with Crippen LogP contribution in [0.5, 0.6) is 0 Å². The van der Waals surface area contributed by atoms with Crippen molar-refractivity contribution in [1.29, 1.82) is 0 Å². The van der Waals surface area contributed by atoms with Crippen LogP contribution in [0.4, 0.5) is 0 Å². The fourth-order valence-corrected chi connectivity index (χ4v) is 1.63. The first-order valence-electron chi connectivity index (χ1n) is 6.64. The third-order valence-electron chi connectivity index (χ3n) is 2.57. The molecule has 104 valence electrons. The van der Waals surface area contributed by atoms with Crippen molar-refractivity contribution in [3.63, 3.8) is 0 Å². The standard InChI is InChI=1S/C14H26N2O2/c1-13(2)12-18-9-7-16-6-4-14(11-16)10-15-5-8-17-3/h4,6,11,13,15H,5,7-10,12H2,1-3H3. The number of nitrogens with one attached hydrogen (secondary N) is 1. The molecule has 4 heteroatoms. The molecule has 0 aromatic carbocycles. The molecular weight excluding hydrogens is 228 g/mol. The Morgan fingerprint density at radius 3 is 2.89 bits per heavy atom. The van der Waals surface area contributed by atoms with Crippen molar-refractivity contribution in [2.24, 2.45) is 5.92 Å². The molecule has 1 N–H and O–H groups in total. The van der Waals surface area contributed by atoms with Crippen molar-refractivity contribution in [1.82, 2.24) is 9.88 Å². The van der Waals surface area contributed by atoms with Gasteiger partial charge in [-0.3, -0.25) is 0 Å². The summed E-state index contributed by atoms with van der Waals surface area (Å²) in [5.41, 5.74) is 1.30. The fourth-order valence-electron chi connectivity index (χ4n) is 1.63. The second-order valence-electron chi connectivity index (χ2n) is 4.90. The topological polar surface area (TPSA) is 35.4 Å². The van der Waals surface area contributed by atoms with E-state index in [1.54, 1.807) is 7.11 Å². The predicted octanol–water partition coefficient (Wildman–Crippen LogP) is 1.90. The molecule has 0 aliphatic carbocycles. The van der Waals surface area contributed by atoms with Gasteiger partial charge in [0, 0.05) is 45.7 Å². The van der Waals surface area contributed by atoms with Gasteiger partial charge in [0.15, 0.2) is 0 Å². The molecule has 4 nitrogen and oxygen atoms in total. The number of hydrogen-bond donors (Lipinski definition) is 1. The van der Waals surface area contributed by atoms with Crippen LogP contribution >= 0.6 is 0 Å². The zero-order valence-electron chi connectivity index (χ0n) is 11.8. The van der Waals surface area contributed by atoms with Crippen LogP contribution in [0.1, 0.15) is 19.4 Å². The van der Waals surface area contributed by atoms with Gasteiger partial charge in [0.1, 0.15) is 0 Å². The maximum atomic E-state index is 5.57. The second-order valence-corrected chi connectivity index (χ2v) is 4.90. The van der Waals surface area contributed by atoms with E-state index < -0.39 is 0 Å². The van der Waals surface area contributed by atoms with Gasteiger partial charge in [-0.1, -0.05) is 13.8 Å². The van der Waals surface area contributed by atoms with Gasteiger partial charge in [-0.25, -0.2) is 0 Å². The molecule has 0 spiro atoms. The summed E-state index contributed by atoms with van der Waals surface area (Å²) < 4.78 is 12.7. The van der Waals surface area contributed by atoms with Crippen molar-refractivity contribution < 1.29 is 9.47 Å². The van der Waals surface area contributed by atoms with Crippen LogP contribution in [0.25, 0.3) is 0 Å². The van der Waals surface area contributed by atoms with E-state index in [1.165, 1.54) is 5.56 Å². The Kier molecular flexibility index (Phi) is 7.73. The number of methoxy groups -OCH3 is 1. The quantitative estimate of drug-likeness (QED) is 0.648. The molecule has 18 heavy (non-hydrogen) atoms. The Balaban J connectivity index is 2.13. The highest BCUT2D eigenvalue weighted by atomic mass is 16.5. The molecule has 1 aromatic rings. The van der Waals surface area contributed by atoms with Gasteiger partial charge in [-0.05, 0) is 17.5 Å². The summed E-state index contributed by atoms with van der Waals surface area (Å²) in [6.45, 7) is 9.41. The second kappa shape index (κ2) is 9.14. The lowest BCUT2D eigenvalue weighted by Gasteiger charge is -2.07. The van der Waals surface area contributed by atoms with Crippen molar-refractivity contribution >= 4 is 0 Å². The maximum absolute atomic E-state index is 5.57. The average Bonchev–Trinajstić information content (AvgIpc) is 2.78. The Hall–Kier alpha value is -0.840. The minimum absolute atomic E-state index is 0.607. The smallest absolute Gasteiger partial charge is 0.0645 e. The third kappa shape index (κ3) is 6.79. The lowest BCUT2D eigenvalue weighted by Crippen LogP contribution is -2.18. The molecule has 0 atom stereocenters. The maximum Gasteiger partial charge on any atom is 0.0645 e. The lowest BCUT2D eigenvalue weighted by molar-refractivity contribution is 0.103. The molecule has 0 aliphatic heterocycles. The van der Waals surface area contributed by atoms with Gasteiger partial charge in [0.05, 0.1) is 13.2 Å². The minimum Gasteiger partial charge on any atom is -0.383 e. The normalized spacial score (nSPS) is 11.3. The summed E-state index contributed by atoms with van der Waals surface area (Å²) in [5, 5.41) is 3.33. The zero-order chi connectivity index (χ0) is 13.2. The molecule has 0 radical (unpaired) electrons. The van der Waals surface area contributed by atoms with E-state index in [9.17, 15) is 0 Å². The average molecular weight is 254 g/mol. The molecule has 0 fully saturated rings. The Morgan fingerprint density at radius 2 is 2.17 bits per heavy atom. The van der Waals surface area contributed by atoms with E-state index in [0.29, 0.717) is 5.92 Å².